The summed E-state index contributed by atoms with van der Waals surface area (Å²) in [6.45, 7) is 16.7. The molecular formula is C20H30. The van der Waals surface area contributed by atoms with Gasteiger partial charge in [-0.1, -0.05) is 60.6 Å². The molecule has 0 spiro atoms. The Hall–Kier alpha value is -1.30. The maximum Gasteiger partial charge on any atom is -0.0111 e. The zero-order valence-electron chi connectivity index (χ0n) is 13.4. The first-order valence-corrected chi connectivity index (χ1v) is 7.86. The van der Waals surface area contributed by atoms with Crippen molar-refractivity contribution in [3.8, 4) is 0 Å². The van der Waals surface area contributed by atoms with E-state index in [0.717, 1.165) is 25.7 Å². The number of hydrogen-bond acceptors (Lipinski definition) is 0. The zero-order valence-corrected chi connectivity index (χ0v) is 13.4. The van der Waals surface area contributed by atoms with Crippen LogP contribution in [-0.2, 0) is 0 Å². The molecule has 1 atom stereocenters. The SMILES string of the molecule is C=C(C)CCC(=C)CC(=C)C1CC/C(=C\C=C/CC)C1. The van der Waals surface area contributed by atoms with Gasteiger partial charge in [0.2, 0.25) is 0 Å². The molecule has 0 saturated heterocycles. The summed E-state index contributed by atoms with van der Waals surface area (Å²) in [6.07, 6.45) is 14.6. The van der Waals surface area contributed by atoms with Gasteiger partial charge in [0.15, 0.2) is 0 Å². The van der Waals surface area contributed by atoms with Crippen LogP contribution in [0.25, 0.3) is 0 Å². The van der Waals surface area contributed by atoms with Crippen LogP contribution in [0.5, 0.6) is 0 Å². The van der Waals surface area contributed by atoms with E-state index in [4.69, 9.17) is 0 Å². The molecule has 0 radical (unpaired) electrons. The van der Waals surface area contributed by atoms with Gasteiger partial charge in [0.25, 0.3) is 0 Å². The molecule has 1 unspecified atom stereocenters. The second kappa shape index (κ2) is 8.79. The Morgan fingerprint density at radius 1 is 1.25 bits per heavy atom. The van der Waals surface area contributed by atoms with Gasteiger partial charge < -0.3 is 0 Å². The molecule has 0 bridgehead atoms. The van der Waals surface area contributed by atoms with E-state index in [1.54, 1.807) is 5.57 Å². The molecule has 0 heteroatoms. The second-order valence-electron chi connectivity index (χ2n) is 6.14. The third-order valence-corrected chi connectivity index (χ3v) is 3.99. The summed E-state index contributed by atoms with van der Waals surface area (Å²) in [5, 5.41) is 0. The van der Waals surface area contributed by atoms with Gasteiger partial charge in [-0.2, -0.15) is 0 Å². The van der Waals surface area contributed by atoms with Crippen LogP contribution >= 0.6 is 0 Å². The van der Waals surface area contributed by atoms with Crippen LogP contribution in [0.4, 0.5) is 0 Å². The van der Waals surface area contributed by atoms with E-state index in [1.807, 2.05) is 0 Å². The predicted molar refractivity (Wildman–Crippen MR) is 91.8 cm³/mol. The molecule has 0 amide bonds. The predicted octanol–water partition coefficient (Wildman–Crippen LogP) is 6.54. The van der Waals surface area contributed by atoms with Gasteiger partial charge in [-0.15, -0.1) is 6.58 Å². The largest absolute Gasteiger partial charge is 0.100 e. The minimum Gasteiger partial charge on any atom is -0.100 e. The fourth-order valence-corrected chi connectivity index (χ4v) is 2.66. The van der Waals surface area contributed by atoms with Crippen molar-refractivity contribution in [3.63, 3.8) is 0 Å². The second-order valence-corrected chi connectivity index (χ2v) is 6.14. The fraction of sp³-hybridized carbons (Fsp3) is 0.500. The van der Waals surface area contributed by atoms with E-state index >= 15 is 0 Å². The van der Waals surface area contributed by atoms with Crippen molar-refractivity contribution in [2.45, 2.75) is 58.8 Å². The Bertz CT molecular complexity index is 417. The lowest BCUT2D eigenvalue weighted by atomic mass is 9.91. The highest BCUT2D eigenvalue weighted by Crippen LogP contribution is 2.37. The molecule has 20 heavy (non-hydrogen) atoms. The summed E-state index contributed by atoms with van der Waals surface area (Å²) >= 11 is 0. The topological polar surface area (TPSA) is 0 Å². The van der Waals surface area contributed by atoms with E-state index in [0.29, 0.717) is 5.92 Å². The van der Waals surface area contributed by atoms with E-state index < -0.39 is 0 Å². The van der Waals surface area contributed by atoms with Crippen molar-refractivity contribution < 1.29 is 0 Å². The molecule has 1 saturated carbocycles. The molecule has 0 N–H and O–H groups in total. The number of hydrogen-bond donors (Lipinski definition) is 0. The summed E-state index contributed by atoms with van der Waals surface area (Å²) in [5.74, 6) is 0.665. The summed E-state index contributed by atoms with van der Waals surface area (Å²) in [5.41, 5.74) is 5.50. The molecular weight excluding hydrogens is 240 g/mol. The summed E-state index contributed by atoms with van der Waals surface area (Å²) in [6, 6.07) is 0. The van der Waals surface area contributed by atoms with Crippen molar-refractivity contribution in [2.24, 2.45) is 5.92 Å². The smallest absolute Gasteiger partial charge is 0.0111 e. The Balaban J connectivity index is 2.38. The molecule has 1 aliphatic rings. The van der Waals surface area contributed by atoms with Crippen molar-refractivity contribution in [3.05, 3.63) is 60.3 Å². The monoisotopic (exact) mass is 270 g/mol. The molecule has 1 aliphatic carbocycles. The average Bonchev–Trinajstić information content (AvgIpc) is 2.85. The summed E-state index contributed by atoms with van der Waals surface area (Å²) in [4.78, 5) is 0. The van der Waals surface area contributed by atoms with Crippen molar-refractivity contribution in [1.29, 1.82) is 0 Å². The van der Waals surface area contributed by atoms with Gasteiger partial charge in [0, 0.05) is 0 Å². The maximum absolute atomic E-state index is 4.31. The molecule has 0 aromatic rings. The highest BCUT2D eigenvalue weighted by molar-refractivity contribution is 5.23. The first-order chi connectivity index (χ1) is 9.52. The number of rotatable bonds is 8. The molecule has 0 aromatic carbocycles. The maximum atomic E-state index is 4.31. The lowest BCUT2D eigenvalue weighted by Gasteiger charge is -2.14. The molecule has 110 valence electrons. The van der Waals surface area contributed by atoms with Crippen molar-refractivity contribution >= 4 is 0 Å². The van der Waals surface area contributed by atoms with Gasteiger partial charge >= 0.3 is 0 Å². The van der Waals surface area contributed by atoms with Crippen molar-refractivity contribution in [2.75, 3.05) is 0 Å². The van der Waals surface area contributed by atoms with Gasteiger partial charge in [0.1, 0.15) is 0 Å². The normalized spacial score (nSPS) is 20.7. The first kappa shape index (κ1) is 16.8. The standard InChI is InChI=1S/C20H30/c1-6-7-8-9-19-12-13-20(15-19)18(5)14-17(4)11-10-16(2)3/h7-9,20H,2,4-6,10-15H2,1,3H3/b8-7-,19-9+. The van der Waals surface area contributed by atoms with Crippen LogP contribution in [0.15, 0.2) is 60.3 Å². The minimum atomic E-state index is 0.665. The first-order valence-electron chi connectivity index (χ1n) is 7.86. The van der Waals surface area contributed by atoms with Gasteiger partial charge in [-0.05, 0) is 57.8 Å². The lowest BCUT2D eigenvalue weighted by Crippen LogP contribution is -1.99. The Morgan fingerprint density at radius 2 is 2.00 bits per heavy atom. The Labute approximate surface area is 125 Å². The van der Waals surface area contributed by atoms with Crippen LogP contribution in [0.3, 0.4) is 0 Å². The molecule has 0 heterocycles. The highest BCUT2D eigenvalue weighted by Gasteiger charge is 2.21. The average molecular weight is 270 g/mol. The van der Waals surface area contributed by atoms with E-state index in [9.17, 15) is 0 Å². The number of allylic oxidation sites excluding steroid dienone is 7. The fourth-order valence-electron chi connectivity index (χ4n) is 2.66. The summed E-state index contributed by atoms with van der Waals surface area (Å²) in [7, 11) is 0. The molecule has 0 nitrogen and oxygen atoms in total. The van der Waals surface area contributed by atoms with Crippen LogP contribution in [0.2, 0.25) is 0 Å². The quantitative estimate of drug-likeness (QED) is 0.439. The van der Waals surface area contributed by atoms with Crippen LogP contribution in [-0.4, -0.2) is 0 Å². The highest BCUT2D eigenvalue weighted by atomic mass is 14.3. The van der Waals surface area contributed by atoms with Crippen molar-refractivity contribution in [1.82, 2.24) is 0 Å². The van der Waals surface area contributed by atoms with Gasteiger partial charge in [0.05, 0.1) is 0 Å². The molecule has 1 fully saturated rings. The van der Waals surface area contributed by atoms with E-state index in [2.05, 4.69) is 51.8 Å². The van der Waals surface area contributed by atoms with E-state index in [-0.39, 0.29) is 0 Å². The van der Waals surface area contributed by atoms with Crippen LogP contribution in [0, 0.1) is 5.92 Å². The Kier molecular flexibility index (Phi) is 7.36. The third kappa shape index (κ3) is 6.23. The Morgan fingerprint density at radius 3 is 2.65 bits per heavy atom. The van der Waals surface area contributed by atoms with Crippen LogP contribution in [0.1, 0.15) is 58.8 Å². The zero-order chi connectivity index (χ0) is 15.0. The van der Waals surface area contributed by atoms with E-state index in [1.165, 1.54) is 36.0 Å². The molecule has 0 aliphatic heterocycles. The summed E-state index contributed by atoms with van der Waals surface area (Å²) < 4.78 is 0. The lowest BCUT2D eigenvalue weighted by molar-refractivity contribution is 0.631. The molecule has 0 aromatic heterocycles. The third-order valence-electron chi connectivity index (χ3n) is 3.99. The van der Waals surface area contributed by atoms with Gasteiger partial charge in [-0.3, -0.25) is 0 Å². The van der Waals surface area contributed by atoms with Crippen LogP contribution < -0.4 is 0 Å². The molecule has 1 rings (SSSR count). The van der Waals surface area contributed by atoms with Gasteiger partial charge in [-0.25, -0.2) is 0 Å². The minimum absolute atomic E-state index is 0.665.